The zero-order valence-corrected chi connectivity index (χ0v) is 12.0. The molecule has 0 saturated carbocycles. The van der Waals surface area contributed by atoms with Crippen LogP contribution in [0.15, 0.2) is 58.5 Å². The van der Waals surface area contributed by atoms with Crippen LogP contribution in [0.3, 0.4) is 0 Å². The standard InChI is InChI=1S/C16H16N2OS/c1-19-13-7-6-12(10-17)15(9-13)20-16-8-11-4-2-3-5-14(11)18-16/h2-9,18H,10,17H2,1H3. The molecule has 0 atom stereocenters. The van der Waals surface area contributed by atoms with E-state index in [1.807, 2.05) is 30.3 Å². The van der Waals surface area contributed by atoms with Crippen LogP contribution in [0.1, 0.15) is 5.56 Å². The first-order chi connectivity index (χ1) is 9.80. The first-order valence-electron chi connectivity index (χ1n) is 6.43. The van der Waals surface area contributed by atoms with Crippen molar-refractivity contribution in [1.29, 1.82) is 0 Å². The zero-order valence-electron chi connectivity index (χ0n) is 11.2. The van der Waals surface area contributed by atoms with Gasteiger partial charge in [-0.2, -0.15) is 0 Å². The molecule has 0 radical (unpaired) electrons. The van der Waals surface area contributed by atoms with Gasteiger partial charge in [0.2, 0.25) is 0 Å². The maximum absolute atomic E-state index is 5.81. The van der Waals surface area contributed by atoms with Crippen LogP contribution in [0.2, 0.25) is 0 Å². The van der Waals surface area contributed by atoms with Crippen molar-refractivity contribution in [2.45, 2.75) is 16.5 Å². The molecule has 1 aromatic heterocycles. The fourth-order valence-corrected chi connectivity index (χ4v) is 3.19. The highest BCUT2D eigenvalue weighted by atomic mass is 32.2. The fourth-order valence-electron chi connectivity index (χ4n) is 2.15. The Morgan fingerprint density at radius 3 is 2.75 bits per heavy atom. The molecule has 3 rings (SSSR count). The highest BCUT2D eigenvalue weighted by Gasteiger charge is 2.07. The Bertz CT molecular complexity index is 703. The van der Waals surface area contributed by atoms with E-state index >= 15 is 0 Å². The molecule has 0 saturated heterocycles. The Balaban J connectivity index is 1.97. The summed E-state index contributed by atoms with van der Waals surface area (Å²) in [5.41, 5.74) is 8.07. The molecule has 4 heteroatoms. The van der Waals surface area contributed by atoms with Gasteiger partial charge in [-0.1, -0.05) is 36.0 Å². The number of methoxy groups -OCH3 is 1. The number of rotatable bonds is 4. The minimum absolute atomic E-state index is 0.520. The van der Waals surface area contributed by atoms with Crippen LogP contribution in [0.4, 0.5) is 0 Å². The Morgan fingerprint density at radius 1 is 1.15 bits per heavy atom. The molecule has 0 amide bonds. The van der Waals surface area contributed by atoms with Gasteiger partial charge in [-0.25, -0.2) is 0 Å². The quantitative estimate of drug-likeness (QED) is 0.766. The summed E-state index contributed by atoms with van der Waals surface area (Å²) in [6.07, 6.45) is 0. The Hall–Kier alpha value is -1.91. The van der Waals surface area contributed by atoms with Crippen molar-refractivity contribution in [1.82, 2.24) is 4.98 Å². The minimum atomic E-state index is 0.520. The number of fused-ring (bicyclic) bond motifs is 1. The smallest absolute Gasteiger partial charge is 0.120 e. The number of nitrogens with one attached hydrogen (secondary N) is 1. The van der Waals surface area contributed by atoms with Gasteiger partial charge in [-0.05, 0) is 29.8 Å². The van der Waals surface area contributed by atoms with Crippen molar-refractivity contribution >= 4 is 22.7 Å². The molecule has 102 valence electrons. The van der Waals surface area contributed by atoms with Gasteiger partial charge in [0.05, 0.1) is 12.1 Å². The second-order valence-corrected chi connectivity index (χ2v) is 5.58. The van der Waals surface area contributed by atoms with Gasteiger partial charge in [0.15, 0.2) is 0 Å². The van der Waals surface area contributed by atoms with E-state index < -0.39 is 0 Å². The highest BCUT2D eigenvalue weighted by Crippen LogP contribution is 2.34. The SMILES string of the molecule is COc1ccc(CN)c(Sc2cc3ccccc3[nH]2)c1. The van der Waals surface area contributed by atoms with E-state index in [4.69, 9.17) is 10.5 Å². The van der Waals surface area contributed by atoms with E-state index in [0.717, 1.165) is 26.8 Å². The third-order valence-electron chi connectivity index (χ3n) is 3.22. The molecule has 0 aliphatic carbocycles. The topological polar surface area (TPSA) is 51.0 Å². The summed E-state index contributed by atoms with van der Waals surface area (Å²) in [6.45, 7) is 0.520. The summed E-state index contributed by atoms with van der Waals surface area (Å²) in [4.78, 5) is 4.54. The van der Waals surface area contributed by atoms with E-state index in [2.05, 4.69) is 23.2 Å². The lowest BCUT2D eigenvalue weighted by Crippen LogP contribution is -1.98. The van der Waals surface area contributed by atoms with E-state index in [0.29, 0.717) is 6.54 Å². The lowest BCUT2D eigenvalue weighted by molar-refractivity contribution is 0.413. The number of aromatic amines is 1. The predicted molar refractivity (Wildman–Crippen MR) is 83.3 cm³/mol. The van der Waals surface area contributed by atoms with Gasteiger partial charge in [-0.3, -0.25) is 0 Å². The number of hydrogen-bond acceptors (Lipinski definition) is 3. The summed E-state index contributed by atoms with van der Waals surface area (Å²) >= 11 is 1.68. The molecule has 0 aliphatic rings. The molecule has 0 fully saturated rings. The molecule has 3 N–H and O–H groups in total. The third-order valence-corrected chi connectivity index (χ3v) is 4.26. The van der Waals surface area contributed by atoms with Crippen LogP contribution < -0.4 is 10.5 Å². The Morgan fingerprint density at radius 2 is 2.00 bits per heavy atom. The van der Waals surface area contributed by atoms with Crippen LogP contribution in [0.25, 0.3) is 10.9 Å². The second kappa shape index (κ2) is 5.61. The van der Waals surface area contributed by atoms with Crippen LogP contribution in [0.5, 0.6) is 5.75 Å². The number of aromatic nitrogens is 1. The van der Waals surface area contributed by atoms with Gasteiger partial charge in [0.1, 0.15) is 5.75 Å². The first kappa shape index (κ1) is 13.1. The molecular formula is C16H16N2OS. The van der Waals surface area contributed by atoms with E-state index in [-0.39, 0.29) is 0 Å². The van der Waals surface area contributed by atoms with Gasteiger partial charge in [-0.15, -0.1) is 0 Å². The minimum Gasteiger partial charge on any atom is -0.497 e. The summed E-state index contributed by atoms with van der Waals surface area (Å²) in [6, 6.07) is 16.4. The number of nitrogens with two attached hydrogens (primary N) is 1. The maximum atomic E-state index is 5.81. The third kappa shape index (κ3) is 2.53. The monoisotopic (exact) mass is 284 g/mol. The molecule has 0 aliphatic heterocycles. The summed E-state index contributed by atoms with van der Waals surface area (Å²) in [5, 5.41) is 2.32. The number of para-hydroxylation sites is 1. The van der Waals surface area contributed by atoms with Gasteiger partial charge < -0.3 is 15.5 Å². The second-order valence-electron chi connectivity index (χ2n) is 4.50. The van der Waals surface area contributed by atoms with Crippen LogP contribution in [-0.2, 0) is 6.54 Å². The van der Waals surface area contributed by atoms with Crippen LogP contribution in [-0.4, -0.2) is 12.1 Å². The maximum Gasteiger partial charge on any atom is 0.120 e. The molecule has 0 unspecified atom stereocenters. The number of hydrogen-bond donors (Lipinski definition) is 2. The van der Waals surface area contributed by atoms with Crippen molar-refractivity contribution in [3.8, 4) is 5.75 Å². The fraction of sp³-hybridized carbons (Fsp3) is 0.125. The summed E-state index contributed by atoms with van der Waals surface area (Å²) in [7, 11) is 1.68. The predicted octanol–water partition coefficient (Wildman–Crippen LogP) is 3.79. The summed E-state index contributed by atoms with van der Waals surface area (Å²) < 4.78 is 5.29. The lowest BCUT2D eigenvalue weighted by atomic mass is 10.2. The average molecular weight is 284 g/mol. The Kier molecular flexibility index (Phi) is 3.67. The molecule has 0 spiro atoms. The van der Waals surface area contributed by atoms with Gasteiger partial charge in [0.25, 0.3) is 0 Å². The van der Waals surface area contributed by atoms with Gasteiger partial charge >= 0.3 is 0 Å². The molecule has 20 heavy (non-hydrogen) atoms. The average Bonchev–Trinajstić information content (AvgIpc) is 2.89. The van der Waals surface area contributed by atoms with Gasteiger partial charge in [0, 0.05) is 22.3 Å². The largest absolute Gasteiger partial charge is 0.497 e. The highest BCUT2D eigenvalue weighted by molar-refractivity contribution is 7.99. The van der Waals surface area contributed by atoms with E-state index in [1.165, 1.54) is 5.39 Å². The molecule has 2 aromatic carbocycles. The normalized spacial score (nSPS) is 10.9. The lowest BCUT2D eigenvalue weighted by Gasteiger charge is -2.08. The van der Waals surface area contributed by atoms with Crippen molar-refractivity contribution in [3.05, 3.63) is 54.1 Å². The van der Waals surface area contributed by atoms with Crippen molar-refractivity contribution in [2.75, 3.05) is 7.11 Å². The number of ether oxygens (including phenoxy) is 1. The van der Waals surface area contributed by atoms with Crippen molar-refractivity contribution < 1.29 is 4.74 Å². The zero-order chi connectivity index (χ0) is 13.9. The Labute approximate surface area is 122 Å². The van der Waals surface area contributed by atoms with E-state index in [9.17, 15) is 0 Å². The number of benzene rings is 2. The molecular weight excluding hydrogens is 268 g/mol. The summed E-state index contributed by atoms with van der Waals surface area (Å²) in [5.74, 6) is 0.848. The van der Waals surface area contributed by atoms with Crippen LogP contribution in [0, 0.1) is 0 Å². The molecule has 1 heterocycles. The first-order valence-corrected chi connectivity index (χ1v) is 7.24. The molecule has 3 aromatic rings. The van der Waals surface area contributed by atoms with Crippen LogP contribution >= 0.6 is 11.8 Å². The molecule has 3 nitrogen and oxygen atoms in total. The van der Waals surface area contributed by atoms with E-state index in [1.54, 1.807) is 18.9 Å². The van der Waals surface area contributed by atoms with Crippen molar-refractivity contribution in [2.24, 2.45) is 5.73 Å². The molecule has 0 bridgehead atoms. The van der Waals surface area contributed by atoms with Crippen molar-refractivity contribution in [3.63, 3.8) is 0 Å². The number of H-pyrrole nitrogens is 1.